The Labute approximate surface area is 278 Å². The summed E-state index contributed by atoms with van der Waals surface area (Å²) in [7, 11) is 0. The number of nitrogens with zero attached hydrogens (tertiary/aromatic N) is 5. The van der Waals surface area contributed by atoms with Crippen LogP contribution in [0.2, 0.25) is 5.02 Å². The summed E-state index contributed by atoms with van der Waals surface area (Å²) in [6.07, 6.45) is 1.12. The molecule has 0 amide bonds. The van der Waals surface area contributed by atoms with Gasteiger partial charge < -0.3 is 28.4 Å². The number of imidazole rings is 1. The standard InChI is InChI=1S/C35H39ClFN5O5/c1-35(2,3)47-34(43)22-5-8-29-30(14-22)42(17-27-10-13-45-27)31(38-29)18-40-11-12-41-26(16-40)21-44-19-24-6-9-32(39-33(24)41)46-20-23-4-7-25(36)15-28(23)37/h4-9,14-15,26-27H,10-13,16-21H2,1-3H3/t26-,27+/m1/s1. The Morgan fingerprint density at radius 3 is 2.72 bits per heavy atom. The van der Waals surface area contributed by atoms with E-state index in [1.807, 2.05) is 39.0 Å². The van der Waals surface area contributed by atoms with Crippen molar-refractivity contribution in [1.29, 1.82) is 0 Å². The predicted molar refractivity (Wildman–Crippen MR) is 175 cm³/mol. The van der Waals surface area contributed by atoms with Gasteiger partial charge in [-0.3, -0.25) is 4.90 Å². The van der Waals surface area contributed by atoms with E-state index in [0.29, 0.717) is 48.3 Å². The van der Waals surface area contributed by atoms with Crippen molar-refractivity contribution in [3.05, 3.63) is 81.9 Å². The van der Waals surface area contributed by atoms with Crippen LogP contribution in [-0.2, 0) is 40.5 Å². The van der Waals surface area contributed by atoms with Gasteiger partial charge in [0.25, 0.3) is 0 Å². The number of hydrogen-bond acceptors (Lipinski definition) is 9. The van der Waals surface area contributed by atoms with Gasteiger partial charge in [0, 0.05) is 48.5 Å². The second kappa shape index (κ2) is 13.0. The van der Waals surface area contributed by atoms with Gasteiger partial charge in [0.2, 0.25) is 5.88 Å². The monoisotopic (exact) mass is 663 g/mol. The quantitative estimate of drug-likeness (QED) is 0.218. The minimum Gasteiger partial charge on any atom is -0.473 e. The molecule has 2 aromatic heterocycles. The number of halogens is 2. The number of aromatic nitrogens is 3. The number of benzene rings is 2. The molecule has 2 fully saturated rings. The molecule has 2 saturated heterocycles. The minimum absolute atomic E-state index is 0.0503. The molecule has 47 heavy (non-hydrogen) atoms. The molecule has 4 aromatic rings. The van der Waals surface area contributed by atoms with E-state index in [9.17, 15) is 9.18 Å². The predicted octanol–water partition coefficient (Wildman–Crippen LogP) is 5.77. The molecule has 0 spiro atoms. The molecule has 3 aliphatic rings. The molecule has 2 aromatic carbocycles. The lowest BCUT2D eigenvalue weighted by molar-refractivity contribution is -0.0592. The lowest BCUT2D eigenvalue weighted by Gasteiger charge is -2.41. The van der Waals surface area contributed by atoms with Crippen LogP contribution in [0.1, 0.15) is 54.5 Å². The Morgan fingerprint density at radius 1 is 1.11 bits per heavy atom. The molecule has 12 heteroatoms. The Kier molecular flexibility index (Phi) is 8.82. The first-order valence-electron chi connectivity index (χ1n) is 16.1. The van der Waals surface area contributed by atoms with E-state index >= 15 is 0 Å². The molecule has 10 nitrogen and oxygen atoms in total. The zero-order valence-electron chi connectivity index (χ0n) is 26.9. The van der Waals surface area contributed by atoms with Crippen molar-refractivity contribution < 1.29 is 28.1 Å². The molecule has 248 valence electrons. The van der Waals surface area contributed by atoms with E-state index in [2.05, 4.69) is 14.4 Å². The smallest absolute Gasteiger partial charge is 0.338 e. The lowest BCUT2D eigenvalue weighted by atomic mass is 10.1. The van der Waals surface area contributed by atoms with Crippen molar-refractivity contribution >= 4 is 34.4 Å². The van der Waals surface area contributed by atoms with E-state index in [0.717, 1.165) is 60.9 Å². The fraction of sp³-hybridized carbons (Fsp3) is 0.457. The first-order chi connectivity index (χ1) is 22.6. The zero-order valence-corrected chi connectivity index (χ0v) is 27.6. The average molecular weight is 664 g/mol. The average Bonchev–Trinajstić information content (AvgIpc) is 3.22. The number of esters is 1. The summed E-state index contributed by atoms with van der Waals surface area (Å²) in [5, 5.41) is 0.344. The maximum atomic E-state index is 14.3. The van der Waals surface area contributed by atoms with Crippen LogP contribution in [0.3, 0.4) is 0 Å². The van der Waals surface area contributed by atoms with Crippen LogP contribution in [-0.4, -0.2) is 76.0 Å². The highest BCUT2D eigenvalue weighted by Crippen LogP contribution is 2.31. The van der Waals surface area contributed by atoms with Crippen LogP contribution in [0.5, 0.6) is 5.88 Å². The maximum Gasteiger partial charge on any atom is 0.338 e. The third-order valence-corrected chi connectivity index (χ3v) is 8.97. The first kappa shape index (κ1) is 31.8. The molecule has 0 unspecified atom stereocenters. The largest absolute Gasteiger partial charge is 0.473 e. The maximum absolute atomic E-state index is 14.3. The number of carbonyl (C=O) groups excluding carboxylic acids is 1. The molecule has 3 aliphatic heterocycles. The van der Waals surface area contributed by atoms with Crippen molar-refractivity contribution in [2.45, 2.75) is 71.2 Å². The Balaban J connectivity index is 1.08. The summed E-state index contributed by atoms with van der Waals surface area (Å²) in [5.74, 6) is 1.44. The fourth-order valence-electron chi connectivity index (χ4n) is 6.27. The van der Waals surface area contributed by atoms with Crippen molar-refractivity contribution in [3.63, 3.8) is 0 Å². The van der Waals surface area contributed by atoms with E-state index in [1.165, 1.54) is 6.07 Å². The van der Waals surface area contributed by atoms with Crippen LogP contribution < -0.4 is 9.64 Å². The fourth-order valence-corrected chi connectivity index (χ4v) is 6.43. The number of anilines is 1. The van der Waals surface area contributed by atoms with Crippen molar-refractivity contribution in [2.24, 2.45) is 0 Å². The van der Waals surface area contributed by atoms with Crippen LogP contribution in [0.4, 0.5) is 10.2 Å². The van der Waals surface area contributed by atoms with Crippen LogP contribution in [0.25, 0.3) is 11.0 Å². The van der Waals surface area contributed by atoms with Crippen molar-refractivity contribution in [3.8, 4) is 5.88 Å². The van der Waals surface area contributed by atoms with Crippen LogP contribution in [0.15, 0.2) is 48.5 Å². The number of ether oxygens (including phenoxy) is 4. The van der Waals surface area contributed by atoms with Gasteiger partial charge in [0.1, 0.15) is 29.7 Å². The minimum atomic E-state index is -0.581. The molecular weight excluding hydrogens is 625 g/mol. The third kappa shape index (κ3) is 7.08. The topological polar surface area (TPSA) is 91.2 Å². The van der Waals surface area contributed by atoms with Gasteiger partial charge in [0.05, 0.1) is 55.0 Å². The summed E-state index contributed by atoms with van der Waals surface area (Å²) in [5.41, 5.74) is 3.08. The third-order valence-electron chi connectivity index (χ3n) is 8.73. The SMILES string of the molecule is CC(C)(C)OC(=O)c1ccc2nc(CN3CCN4c5nc(OCc6ccc(Cl)cc6F)ccc5COC[C@H]4C3)n(C[C@@H]3CCO3)c2c1. The molecule has 0 bridgehead atoms. The number of fused-ring (bicyclic) bond motifs is 4. The molecule has 0 radical (unpaired) electrons. The van der Waals surface area contributed by atoms with Crippen LogP contribution >= 0.6 is 11.6 Å². The number of rotatable bonds is 8. The van der Waals surface area contributed by atoms with Gasteiger partial charge >= 0.3 is 5.97 Å². The number of carbonyl (C=O) groups is 1. The Morgan fingerprint density at radius 2 is 1.96 bits per heavy atom. The number of hydrogen-bond donors (Lipinski definition) is 0. The number of piperazine rings is 1. The molecule has 5 heterocycles. The van der Waals surface area contributed by atoms with Crippen LogP contribution in [0, 0.1) is 5.82 Å². The highest BCUT2D eigenvalue weighted by atomic mass is 35.5. The highest BCUT2D eigenvalue weighted by molar-refractivity contribution is 6.30. The Bertz CT molecular complexity index is 1790. The van der Waals surface area contributed by atoms with E-state index in [4.69, 9.17) is 40.5 Å². The van der Waals surface area contributed by atoms with Gasteiger partial charge in [-0.25, -0.2) is 14.2 Å². The van der Waals surface area contributed by atoms with Gasteiger partial charge in [-0.15, -0.1) is 0 Å². The summed E-state index contributed by atoms with van der Waals surface area (Å²) < 4.78 is 40.0. The summed E-state index contributed by atoms with van der Waals surface area (Å²) in [6.45, 7) is 11.1. The lowest BCUT2D eigenvalue weighted by Crippen LogP contribution is -2.54. The van der Waals surface area contributed by atoms with E-state index in [1.54, 1.807) is 24.3 Å². The summed E-state index contributed by atoms with van der Waals surface area (Å²) >= 11 is 5.90. The summed E-state index contributed by atoms with van der Waals surface area (Å²) in [6, 6.07) is 14.0. The van der Waals surface area contributed by atoms with Gasteiger partial charge in [-0.2, -0.15) is 4.98 Å². The van der Waals surface area contributed by atoms with Gasteiger partial charge in [0.15, 0.2) is 0 Å². The summed E-state index contributed by atoms with van der Waals surface area (Å²) in [4.78, 5) is 27.5. The zero-order chi connectivity index (χ0) is 32.7. The molecule has 2 atom stereocenters. The van der Waals surface area contributed by atoms with Crippen molar-refractivity contribution in [1.82, 2.24) is 19.4 Å². The van der Waals surface area contributed by atoms with E-state index in [-0.39, 0.29) is 24.7 Å². The second-order valence-corrected chi connectivity index (χ2v) is 13.8. The molecule has 7 rings (SSSR count). The number of pyridine rings is 1. The molecule has 0 N–H and O–H groups in total. The normalized spacial score (nSPS) is 19.9. The highest BCUT2D eigenvalue weighted by Gasteiger charge is 2.33. The first-order valence-corrected chi connectivity index (χ1v) is 16.4. The van der Waals surface area contributed by atoms with E-state index < -0.39 is 11.4 Å². The molecule has 0 aliphatic carbocycles. The second-order valence-electron chi connectivity index (χ2n) is 13.4. The van der Waals surface area contributed by atoms with Gasteiger partial charge in [-0.05, 0) is 63.6 Å². The Hall–Kier alpha value is -3.77. The molecule has 0 saturated carbocycles. The van der Waals surface area contributed by atoms with Crippen molar-refractivity contribution in [2.75, 3.05) is 37.7 Å². The molecular formula is C35H39ClFN5O5. The van der Waals surface area contributed by atoms with Gasteiger partial charge in [-0.1, -0.05) is 17.7 Å².